The van der Waals surface area contributed by atoms with E-state index in [1.165, 1.54) is 19.3 Å². The lowest BCUT2D eigenvalue weighted by molar-refractivity contribution is 0.00527. The molecule has 1 spiro atoms. The van der Waals surface area contributed by atoms with Crippen molar-refractivity contribution in [1.82, 2.24) is 4.90 Å². The van der Waals surface area contributed by atoms with Crippen LogP contribution in [0.1, 0.15) is 26.2 Å². The smallest absolute Gasteiger partial charge is 0.191 e. The lowest BCUT2D eigenvalue weighted by Crippen LogP contribution is -2.48. The van der Waals surface area contributed by atoms with Crippen molar-refractivity contribution in [2.75, 3.05) is 19.7 Å². The second-order valence-corrected chi connectivity index (χ2v) is 5.20. The number of nitrogens with zero attached hydrogens (tertiary/aromatic N) is 2. The van der Waals surface area contributed by atoms with Gasteiger partial charge in [-0.3, -0.25) is 0 Å². The molecule has 0 aromatic carbocycles. The molecule has 3 rings (SSSR count). The van der Waals surface area contributed by atoms with Gasteiger partial charge in [-0.1, -0.05) is 0 Å². The Morgan fingerprint density at radius 3 is 2.81 bits per heavy atom. The van der Waals surface area contributed by atoms with Crippen molar-refractivity contribution in [2.24, 2.45) is 16.1 Å². The zero-order valence-electron chi connectivity index (χ0n) is 9.69. The van der Waals surface area contributed by atoms with E-state index < -0.39 is 0 Å². The standard InChI is InChI=1S/C11H19N3O.HI/c1-8-7-14(4-5-15-8)10(12)13-9-6-11(9)2-3-11;/h8-9H,2-7H2,1H3,(H2,12,13);1H. The van der Waals surface area contributed by atoms with Crippen LogP contribution in [0, 0.1) is 5.41 Å². The molecule has 4 nitrogen and oxygen atoms in total. The van der Waals surface area contributed by atoms with Crippen LogP contribution >= 0.6 is 24.0 Å². The topological polar surface area (TPSA) is 50.8 Å². The van der Waals surface area contributed by atoms with Crippen LogP contribution in [0.2, 0.25) is 0 Å². The highest BCUT2D eigenvalue weighted by molar-refractivity contribution is 14.0. The SMILES string of the molecule is CC1CN(C(N)=NC2CC23CC3)CCO1.I. The Hall–Kier alpha value is -0.0400. The van der Waals surface area contributed by atoms with Crippen LogP contribution in [0.3, 0.4) is 0 Å². The van der Waals surface area contributed by atoms with E-state index in [1.54, 1.807) is 0 Å². The van der Waals surface area contributed by atoms with Crippen LogP contribution in [-0.2, 0) is 4.74 Å². The highest BCUT2D eigenvalue weighted by atomic mass is 127. The molecule has 1 aliphatic heterocycles. The molecule has 16 heavy (non-hydrogen) atoms. The van der Waals surface area contributed by atoms with E-state index >= 15 is 0 Å². The van der Waals surface area contributed by atoms with E-state index in [1.807, 2.05) is 0 Å². The minimum absolute atomic E-state index is 0. The summed E-state index contributed by atoms with van der Waals surface area (Å²) in [5, 5.41) is 0. The van der Waals surface area contributed by atoms with E-state index in [0.717, 1.165) is 25.7 Å². The second kappa shape index (κ2) is 4.33. The van der Waals surface area contributed by atoms with Crippen molar-refractivity contribution in [2.45, 2.75) is 38.3 Å². The first kappa shape index (κ1) is 12.4. The first-order valence-corrected chi connectivity index (χ1v) is 5.89. The van der Waals surface area contributed by atoms with E-state index in [-0.39, 0.29) is 30.1 Å². The van der Waals surface area contributed by atoms with Gasteiger partial charge in [-0.15, -0.1) is 24.0 Å². The van der Waals surface area contributed by atoms with Gasteiger partial charge in [0.25, 0.3) is 0 Å². The zero-order chi connectivity index (χ0) is 10.5. The Balaban J connectivity index is 0.000000963. The molecule has 2 aliphatic carbocycles. The number of hydrogen-bond donors (Lipinski definition) is 1. The minimum Gasteiger partial charge on any atom is -0.375 e. The fourth-order valence-corrected chi connectivity index (χ4v) is 2.47. The second-order valence-electron chi connectivity index (χ2n) is 5.20. The summed E-state index contributed by atoms with van der Waals surface area (Å²) in [4.78, 5) is 6.78. The van der Waals surface area contributed by atoms with Crippen molar-refractivity contribution in [1.29, 1.82) is 0 Å². The predicted octanol–water partition coefficient (Wildman–Crippen LogP) is 1.19. The number of rotatable bonds is 1. The van der Waals surface area contributed by atoms with Gasteiger partial charge in [0.15, 0.2) is 5.96 Å². The molecule has 0 aromatic rings. The molecule has 2 saturated carbocycles. The first-order valence-electron chi connectivity index (χ1n) is 5.89. The molecule has 3 aliphatic rings. The summed E-state index contributed by atoms with van der Waals surface area (Å²) in [7, 11) is 0. The monoisotopic (exact) mass is 337 g/mol. The van der Waals surface area contributed by atoms with Gasteiger partial charge in [0.1, 0.15) is 0 Å². The van der Waals surface area contributed by atoms with Gasteiger partial charge in [-0.25, -0.2) is 4.99 Å². The van der Waals surface area contributed by atoms with Crippen molar-refractivity contribution in [3.63, 3.8) is 0 Å². The van der Waals surface area contributed by atoms with Gasteiger partial charge in [0.2, 0.25) is 0 Å². The minimum atomic E-state index is 0. The van der Waals surface area contributed by atoms with Crippen molar-refractivity contribution in [3.05, 3.63) is 0 Å². The van der Waals surface area contributed by atoms with Crippen LogP contribution in [0.4, 0.5) is 0 Å². The largest absolute Gasteiger partial charge is 0.375 e. The van der Waals surface area contributed by atoms with Gasteiger partial charge in [-0.2, -0.15) is 0 Å². The van der Waals surface area contributed by atoms with Crippen LogP contribution < -0.4 is 5.73 Å². The molecule has 92 valence electrons. The Labute approximate surface area is 114 Å². The maximum absolute atomic E-state index is 6.02. The fraction of sp³-hybridized carbons (Fsp3) is 0.909. The first-order chi connectivity index (χ1) is 7.20. The molecule has 2 unspecified atom stereocenters. The van der Waals surface area contributed by atoms with Crippen LogP contribution in [-0.4, -0.2) is 42.7 Å². The molecule has 0 radical (unpaired) electrons. The quantitative estimate of drug-likeness (QED) is 0.444. The Kier molecular flexibility index (Phi) is 3.36. The summed E-state index contributed by atoms with van der Waals surface area (Å²) in [6.45, 7) is 4.63. The lowest BCUT2D eigenvalue weighted by atomic mass is 10.3. The Morgan fingerprint density at radius 1 is 1.50 bits per heavy atom. The molecule has 0 aromatic heterocycles. The molecule has 2 atom stereocenters. The number of aliphatic imine (C=N–C) groups is 1. The van der Waals surface area contributed by atoms with E-state index in [4.69, 9.17) is 10.5 Å². The summed E-state index contributed by atoms with van der Waals surface area (Å²) >= 11 is 0. The molecule has 3 fully saturated rings. The molecule has 0 bridgehead atoms. The van der Waals surface area contributed by atoms with Crippen molar-refractivity contribution >= 4 is 29.9 Å². The number of hydrogen-bond acceptors (Lipinski definition) is 2. The highest BCUT2D eigenvalue weighted by Crippen LogP contribution is 2.67. The van der Waals surface area contributed by atoms with Crippen LogP contribution in [0.25, 0.3) is 0 Å². The molecule has 5 heteroatoms. The number of ether oxygens (including phenoxy) is 1. The Bertz CT molecular complexity index is 304. The van der Waals surface area contributed by atoms with E-state index in [0.29, 0.717) is 11.5 Å². The third-order valence-corrected chi connectivity index (χ3v) is 3.89. The highest BCUT2D eigenvalue weighted by Gasteiger charge is 2.63. The van der Waals surface area contributed by atoms with E-state index in [2.05, 4.69) is 16.8 Å². The third kappa shape index (κ3) is 2.30. The average molecular weight is 337 g/mol. The summed E-state index contributed by atoms with van der Waals surface area (Å²) in [5.41, 5.74) is 6.63. The number of halogens is 1. The Morgan fingerprint density at radius 2 is 2.25 bits per heavy atom. The number of nitrogens with two attached hydrogens (primary N) is 1. The van der Waals surface area contributed by atoms with Crippen molar-refractivity contribution in [3.8, 4) is 0 Å². The number of guanidine groups is 1. The van der Waals surface area contributed by atoms with Gasteiger partial charge < -0.3 is 15.4 Å². The van der Waals surface area contributed by atoms with Crippen LogP contribution in [0.15, 0.2) is 4.99 Å². The predicted molar refractivity (Wildman–Crippen MR) is 74.1 cm³/mol. The summed E-state index contributed by atoms with van der Waals surface area (Å²) in [5.74, 6) is 0.735. The number of morpholine rings is 1. The van der Waals surface area contributed by atoms with Gasteiger partial charge >= 0.3 is 0 Å². The van der Waals surface area contributed by atoms with Crippen LogP contribution in [0.5, 0.6) is 0 Å². The summed E-state index contributed by atoms with van der Waals surface area (Å²) in [6, 6.07) is 0.538. The molecule has 1 heterocycles. The molecule has 2 N–H and O–H groups in total. The van der Waals surface area contributed by atoms with Gasteiger partial charge in [-0.05, 0) is 31.6 Å². The van der Waals surface area contributed by atoms with Gasteiger partial charge in [0, 0.05) is 13.1 Å². The molecular formula is C11H20IN3O. The molecular weight excluding hydrogens is 317 g/mol. The van der Waals surface area contributed by atoms with Gasteiger partial charge in [0.05, 0.1) is 18.8 Å². The normalized spacial score (nSPS) is 35.8. The average Bonchev–Trinajstić information content (AvgIpc) is 3.09. The zero-order valence-corrected chi connectivity index (χ0v) is 12.0. The summed E-state index contributed by atoms with van der Waals surface area (Å²) in [6.07, 6.45) is 4.29. The summed E-state index contributed by atoms with van der Waals surface area (Å²) < 4.78 is 5.48. The fourth-order valence-electron chi connectivity index (χ4n) is 2.47. The van der Waals surface area contributed by atoms with E-state index in [9.17, 15) is 0 Å². The maximum Gasteiger partial charge on any atom is 0.191 e. The molecule has 1 saturated heterocycles. The third-order valence-electron chi connectivity index (χ3n) is 3.89. The lowest BCUT2D eigenvalue weighted by Gasteiger charge is -2.31. The maximum atomic E-state index is 6.02. The van der Waals surface area contributed by atoms with Crippen molar-refractivity contribution < 1.29 is 4.74 Å². The molecule has 0 amide bonds.